The molecule has 0 radical (unpaired) electrons. The van der Waals surface area contributed by atoms with Gasteiger partial charge >= 0.3 is 0 Å². The summed E-state index contributed by atoms with van der Waals surface area (Å²) in [5, 5.41) is 0.0954. The van der Waals surface area contributed by atoms with Gasteiger partial charge in [-0.3, -0.25) is 0 Å². The van der Waals surface area contributed by atoms with Crippen molar-refractivity contribution in [2.45, 2.75) is 17.7 Å². The third-order valence-corrected chi connectivity index (χ3v) is 6.24. The molecule has 0 unspecified atom stereocenters. The van der Waals surface area contributed by atoms with Crippen LogP contribution in [0.15, 0.2) is 35.0 Å². The maximum Gasteiger partial charge on any atom is 0.180 e. The number of ether oxygens (including phenoxy) is 2. The quantitative estimate of drug-likeness (QED) is 0.790. The molecule has 0 saturated carbocycles. The van der Waals surface area contributed by atoms with Crippen molar-refractivity contribution in [1.82, 2.24) is 0 Å². The fourth-order valence-electron chi connectivity index (χ4n) is 2.45. The van der Waals surface area contributed by atoms with E-state index in [0.29, 0.717) is 30.9 Å². The topological polar surface area (TPSA) is 78.6 Å². The van der Waals surface area contributed by atoms with Gasteiger partial charge in [-0.1, -0.05) is 11.6 Å². The highest BCUT2D eigenvalue weighted by atomic mass is 35.5. The van der Waals surface area contributed by atoms with Crippen molar-refractivity contribution < 1.29 is 22.3 Å². The molecule has 1 heterocycles. The Morgan fingerprint density at radius 1 is 1.42 bits per heavy atom. The van der Waals surface area contributed by atoms with E-state index in [1.54, 1.807) is 0 Å². The van der Waals surface area contributed by atoms with Crippen molar-refractivity contribution in [3.63, 3.8) is 0 Å². The van der Waals surface area contributed by atoms with Crippen molar-refractivity contribution in [3.8, 4) is 5.75 Å². The number of rotatable bonds is 7. The van der Waals surface area contributed by atoms with Gasteiger partial charge < -0.3 is 15.2 Å². The Bertz CT molecular complexity index is 687. The number of nitrogens with two attached hydrogens (primary N) is 1. The van der Waals surface area contributed by atoms with Gasteiger partial charge in [0.15, 0.2) is 9.84 Å². The smallest absolute Gasteiger partial charge is 0.180 e. The number of sulfone groups is 1. The largest absolute Gasteiger partial charge is 0.489 e. The lowest BCUT2D eigenvalue weighted by atomic mass is 10.0. The zero-order valence-corrected chi connectivity index (χ0v) is 14.8. The van der Waals surface area contributed by atoms with E-state index in [-0.39, 0.29) is 34.7 Å². The van der Waals surface area contributed by atoms with Gasteiger partial charge in [-0.25, -0.2) is 12.8 Å². The minimum absolute atomic E-state index is 0.0164. The predicted molar refractivity (Wildman–Crippen MR) is 90.8 cm³/mol. The number of halogens is 2. The van der Waals surface area contributed by atoms with Crippen molar-refractivity contribution >= 4 is 21.4 Å². The van der Waals surface area contributed by atoms with Gasteiger partial charge in [0, 0.05) is 31.4 Å². The first-order valence-corrected chi connectivity index (χ1v) is 9.70. The van der Waals surface area contributed by atoms with Crippen LogP contribution >= 0.6 is 11.6 Å². The van der Waals surface area contributed by atoms with Crippen LogP contribution in [0.4, 0.5) is 4.39 Å². The molecular weight excluding hydrogens is 357 g/mol. The second-order valence-corrected chi connectivity index (χ2v) is 8.10. The highest BCUT2D eigenvalue weighted by Crippen LogP contribution is 2.29. The molecule has 0 atom stereocenters. The Labute approximate surface area is 146 Å². The minimum Gasteiger partial charge on any atom is -0.489 e. The summed E-state index contributed by atoms with van der Waals surface area (Å²) >= 11 is 6.12. The Hall–Kier alpha value is -1.15. The zero-order valence-electron chi connectivity index (χ0n) is 13.2. The van der Waals surface area contributed by atoms with Gasteiger partial charge in [-0.05, 0) is 30.9 Å². The van der Waals surface area contributed by atoms with E-state index in [9.17, 15) is 12.8 Å². The van der Waals surface area contributed by atoms with Gasteiger partial charge in [0.1, 0.15) is 12.4 Å². The molecule has 1 saturated heterocycles. The van der Waals surface area contributed by atoms with Gasteiger partial charge in [0.05, 0.1) is 22.0 Å². The third-order valence-electron chi connectivity index (χ3n) is 3.88. The third kappa shape index (κ3) is 5.17. The van der Waals surface area contributed by atoms with Crippen LogP contribution in [0.3, 0.4) is 0 Å². The van der Waals surface area contributed by atoms with E-state index in [0.717, 1.165) is 12.8 Å². The summed E-state index contributed by atoms with van der Waals surface area (Å²) in [6, 6.07) is 4.35. The Balaban J connectivity index is 2.07. The highest BCUT2D eigenvalue weighted by molar-refractivity contribution is 7.91. The SMILES string of the molecule is NC/C(=C\F)COc1ccc(S(=O)(=O)CC2CCOCC2)c(Cl)c1. The molecule has 1 aromatic rings. The van der Waals surface area contributed by atoms with Gasteiger partial charge in [0.2, 0.25) is 0 Å². The minimum atomic E-state index is -3.48. The van der Waals surface area contributed by atoms with E-state index < -0.39 is 9.84 Å². The standard InChI is InChI=1S/C16H21ClFNO4S/c17-15-7-14(23-10-13(8-18)9-19)1-2-16(15)24(20,21)11-12-3-5-22-6-4-12/h1-2,7-8,12H,3-6,9-11,19H2/b13-8+. The maximum absolute atomic E-state index is 12.5. The van der Waals surface area contributed by atoms with Crippen molar-refractivity contribution in [2.24, 2.45) is 11.7 Å². The Kier molecular flexibility index (Phi) is 7.03. The highest BCUT2D eigenvalue weighted by Gasteiger charge is 2.25. The molecule has 8 heteroatoms. The fourth-order valence-corrected chi connectivity index (χ4v) is 4.74. The molecule has 24 heavy (non-hydrogen) atoms. The van der Waals surface area contributed by atoms with Gasteiger partial charge in [-0.2, -0.15) is 0 Å². The number of hydrogen-bond donors (Lipinski definition) is 1. The second-order valence-electron chi connectivity index (χ2n) is 5.69. The molecule has 0 aromatic heterocycles. The summed E-state index contributed by atoms with van der Waals surface area (Å²) in [5.74, 6) is 0.494. The normalized spacial score (nSPS) is 17.0. The van der Waals surface area contributed by atoms with E-state index >= 15 is 0 Å². The zero-order chi connectivity index (χ0) is 17.6. The van der Waals surface area contributed by atoms with E-state index in [2.05, 4.69) is 0 Å². The molecule has 0 aliphatic carbocycles. The van der Waals surface area contributed by atoms with Crippen LogP contribution < -0.4 is 10.5 Å². The molecule has 0 amide bonds. The van der Waals surface area contributed by atoms with Crippen LogP contribution in [-0.2, 0) is 14.6 Å². The monoisotopic (exact) mass is 377 g/mol. The lowest BCUT2D eigenvalue weighted by molar-refractivity contribution is 0.0723. The van der Waals surface area contributed by atoms with Gasteiger partial charge in [-0.15, -0.1) is 0 Å². The molecule has 5 nitrogen and oxygen atoms in total. The summed E-state index contributed by atoms with van der Waals surface area (Å²) in [5.41, 5.74) is 5.64. The van der Waals surface area contributed by atoms with Gasteiger partial charge in [0.25, 0.3) is 0 Å². The summed E-state index contributed by atoms with van der Waals surface area (Å²) < 4.78 is 48.2. The predicted octanol–water partition coefficient (Wildman–Crippen LogP) is 2.73. The Morgan fingerprint density at radius 3 is 2.71 bits per heavy atom. The average Bonchev–Trinajstić information content (AvgIpc) is 2.56. The first kappa shape index (κ1) is 19.2. The van der Waals surface area contributed by atoms with E-state index in [1.807, 2.05) is 0 Å². The molecule has 1 aliphatic heterocycles. The lowest BCUT2D eigenvalue weighted by Gasteiger charge is -2.22. The average molecular weight is 378 g/mol. The van der Waals surface area contributed by atoms with E-state index in [4.69, 9.17) is 26.8 Å². The van der Waals surface area contributed by atoms with Crippen LogP contribution in [0.5, 0.6) is 5.75 Å². The van der Waals surface area contributed by atoms with Crippen LogP contribution in [0.2, 0.25) is 5.02 Å². The Morgan fingerprint density at radius 2 is 2.12 bits per heavy atom. The van der Waals surface area contributed by atoms with Crippen LogP contribution in [0.25, 0.3) is 0 Å². The summed E-state index contributed by atoms with van der Waals surface area (Å²) in [6.07, 6.45) is 1.86. The fraction of sp³-hybridized carbons (Fsp3) is 0.500. The molecule has 1 fully saturated rings. The first-order chi connectivity index (χ1) is 11.5. The van der Waals surface area contributed by atoms with Crippen LogP contribution in [-0.4, -0.2) is 40.5 Å². The molecule has 1 aromatic carbocycles. The molecule has 2 N–H and O–H groups in total. The summed E-state index contributed by atoms with van der Waals surface area (Å²) in [7, 11) is -3.48. The van der Waals surface area contributed by atoms with E-state index in [1.165, 1.54) is 18.2 Å². The first-order valence-electron chi connectivity index (χ1n) is 7.67. The molecule has 0 bridgehead atoms. The summed E-state index contributed by atoms with van der Waals surface area (Å²) in [4.78, 5) is 0.0862. The van der Waals surface area contributed by atoms with Crippen LogP contribution in [0.1, 0.15) is 12.8 Å². The summed E-state index contributed by atoms with van der Waals surface area (Å²) in [6.45, 7) is 1.21. The molecule has 1 aliphatic rings. The molecule has 134 valence electrons. The van der Waals surface area contributed by atoms with Crippen LogP contribution in [0, 0.1) is 5.92 Å². The number of hydrogen-bond acceptors (Lipinski definition) is 5. The second kappa shape index (κ2) is 8.80. The van der Waals surface area contributed by atoms with Crippen molar-refractivity contribution in [3.05, 3.63) is 35.1 Å². The maximum atomic E-state index is 12.5. The van der Waals surface area contributed by atoms with Crippen molar-refractivity contribution in [1.29, 1.82) is 0 Å². The molecule has 0 spiro atoms. The van der Waals surface area contributed by atoms with Crippen molar-refractivity contribution in [2.75, 3.05) is 32.1 Å². The number of benzene rings is 1. The molecule has 2 rings (SSSR count). The lowest BCUT2D eigenvalue weighted by Crippen LogP contribution is -2.23. The molecular formula is C16H21ClFNO4S.